The summed E-state index contributed by atoms with van der Waals surface area (Å²) in [5.41, 5.74) is 0.333. The third kappa shape index (κ3) is 2.97. The van der Waals surface area contributed by atoms with Crippen molar-refractivity contribution >= 4 is 11.8 Å². The first-order valence-electron chi connectivity index (χ1n) is 5.83. The van der Waals surface area contributed by atoms with Crippen LogP contribution in [0.4, 0.5) is 5.82 Å². The Bertz CT molecular complexity index is 611. The second-order valence-corrected chi connectivity index (χ2v) is 4.11. The lowest BCUT2D eigenvalue weighted by Crippen LogP contribution is -2.16. The molecule has 0 aliphatic heterocycles. The second kappa shape index (κ2) is 5.91. The highest BCUT2D eigenvalue weighted by Crippen LogP contribution is 2.17. The van der Waals surface area contributed by atoms with Crippen molar-refractivity contribution in [1.82, 2.24) is 14.5 Å². The summed E-state index contributed by atoms with van der Waals surface area (Å²) in [6, 6.07) is 2.82. The Balaban J connectivity index is 1.99. The Hall–Kier alpha value is -2.77. The highest BCUT2D eigenvalue weighted by Gasteiger charge is 2.20. The average molecular weight is 276 g/mol. The van der Waals surface area contributed by atoms with E-state index in [2.05, 4.69) is 9.97 Å². The number of rotatable bonds is 5. The summed E-state index contributed by atoms with van der Waals surface area (Å²) in [5, 5.41) is 10.8. The van der Waals surface area contributed by atoms with Gasteiger partial charge in [0.1, 0.15) is 18.8 Å². The smallest absolute Gasteiger partial charge is 0.342 e. The normalized spacial score (nSPS) is 11.8. The first-order valence-corrected chi connectivity index (χ1v) is 5.83. The number of nitro groups is 1. The molecule has 0 aliphatic carbocycles. The second-order valence-electron chi connectivity index (χ2n) is 4.11. The molecule has 0 aromatic carbocycles. The number of imidazole rings is 1. The standard InChI is InChI=1S/C12H12N4O4/c1-9(15-8-14-6-11(15)16(18)19)7-20-12(17)10-3-2-4-13-5-10/h2-6,8-9H,7H2,1H3. The van der Waals surface area contributed by atoms with Crippen LogP contribution in [0.5, 0.6) is 0 Å². The van der Waals surface area contributed by atoms with Gasteiger partial charge in [-0.25, -0.2) is 14.3 Å². The molecule has 2 rings (SSSR count). The van der Waals surface area contributed by atoms with Crippen molar-refractivity contribution < 1.29 is 14.5 Å². The first kappa shape index (κ1) is 13.7. The first-order chi connectivity index (χ1) is 9.59. The zero-order chi connectivity index (χ0) is 14.5. The molecular formula is C12H12N4O4. The van der Waals surface area contributed by atoms with Gasteiger partial charge < -0.3 is 14.9 Å². The molecule has 1 unspecified atom stereocenters. The van der Waals surface area contributed by atoms with E-state index in [-0.39, 0.29) is 12.4 Å². The van der Waals surface area contributed by atoms with E-state index in [9.17, 15) is 14.9 Å². The van der Waals surface area contributed by atoms with Gasteiger partial charge in [-0.05, 0) is 24.0 Å². The van der Waals surface area contributed by atoms with Crippen molar-refractivity contribution in [2.75, 3.05) is 6.61 Å². The molecular weight excluding hydrogens is 264 g/mol. The summed E-state index contributed by atoms with van der Waals surface area (Å²) in [6.45, 7) is 1.70. The summed E-state index contributed by atoms with van der Waals surface area (Å²) < 4.78 is 6.44. The molecule has 0 aliphatic rings. The molecule has 0 amide bonds. The maximum Gasteiger partial charge on any atom is 0.342 e. The molecule has 20 heavy (non-hydrogen) atoms. The topological polar surface area (TPSA) is 100 Å². The van der Waals surface area contributed by atoms with Gasteiger partial charge in [0.2, 0.25) is 0 Å². The molecule has 8 heteroatoms. The van der Waals surface area contributed by atoms with Gasteiger partial charge in [-0.1, -0.05) is 0 Å². The molecule has 1 atom stereocenters. The number of hydrogen-bond donors (Lipinski definition) is 0. The Kier molecular flexibility index (Phi) is 4.04. The number of ether oxygens (including phenoxy) is 1. The monoisotopic (exact) mass is 276 g/mol. The minimum absolute atomic E-state index is 0.00489. The van der Waals surface area contributed by atoms with Gasteiger partial charge >= 0.3 is 11.8 Å². The van der Waals surface area contributed by atoms with Crippen LogP contribution >= 0.6 is 0 Å². The maximum absolute atomic E-state index is 11.7. The number of esters is 1. The summed E-state index contributed by atoms with van der Waals surface area (Å²) >= 11 is 0. The van der Waals surface area contributed by atoms with E-state index in [0.29, 0.717) is 5.56 Å². The van der Waals surface area contributed by atoms with Crippen LogP contribution in [0.15, 0.2) is 37.1 Å². The molecule has 0 fully saturated rings. The van der Waals surface area contributed by atoms with Crippen molar-refractivity contribution in [2.45, 2.75) is 13.0 Å². The van der Waals surface area contributed by atoms with Crippen LogP contribution in [-0.2, 0) is 4.74 Å². The van der Waals surface area contributed by atoms with Crippen molar-refractivity contribution in [1.29, 1.82) is 0 Å². The van der Waals surface area contributed by atoms with Crippen molar-refractivity contribution in [3.8, 4) is 0 Å². The summed E-state index contributed by atoms with van der Waals surface area (Å²) in [5.74, 6) is -0.664. The van der Waals surface area contributed by atoms with E-state index in [0.717, 1.165) is 6.20 Å². The molecule has 0 saturated carbocycles. The van der Waals surface area contributed by atoms with Crippen LogP contribution in [0.25, 0.3) is 0 Å². The lowest BCUT2D eigenvalue weighted by atomic mass is 10.3. The minimum Gasteiger partial charge on any atom is -0.458 e. The Morgan fingerprint density at radius 2 is 2.30 bits per heavy atom. The number of carbonyl (C=O) groups is 1. The fraction of sp³-hybridized carbons (Fsp3) is 0.250. The van der Waals surface area contributed by atoms with E-state index in [1.54, 1.807) is 25.3 Å². The predicted molar refractivity (Wildman–Crippen MR) is 68.1 cm³/mol. The summed E-state index contributed by atoms with van der Waals surface area (Å²) in [4.78, 5) is 29.5. The molecule has 2 aromatic heterocycles. The van der Waals surface area contributed by atoms with Gasteiger partial charge in [0, 0.05) is 12.4 Å². The van der Waals surface area contributed by atoms with Crippen molar-refractivity contribution in [3.63, 3.8) is 0 Å². The maximum atomic E-state index is 11.7. The van der Waals surface area contributed by atoms with Gasteiger partial charge in [-0.15, -0.1) is 0 Å². The van der Waals surface area contributed by atoms with Gasteiger partial charge in [0.25, 0.3) is 0 Å². The van der Waals surface area contributed by atoms with Gasteiger partial charge in [0.15, 0.2) is 6.33 Å². The summed E-state index contributed by atoms with van der Waals surface area (Å²) in [7, 11) is 0. The van der Waals surface area contributed by atoms with Crippen molar-refractivity contribution in [2.24, 2.45) is 0 Å². The molecule has 2 aromatic rings. The Labute approximate surface area is 114 Å². The van der Waals surface area contributed by atoms with E-state index >= 15 is 0 Å². The minimum atomic E-state index is -0.535. The van der Waals surface area contributed by atoms with Crippen LogP contribution in [0.1, 0.15) is 23.3 Å². The van der Waals surface area contributed by atoms with E-state index in [4.69, 9.17) is 4.74 Å². The molecule has 8 nitrogen and oxygen atoms in total. The molecule has 0 radical (unpaired) electrons. The van der Waals surface area contributed by atoms with Crippen LogP contribution < -0.4 is 0 Å². The molecule has 104 valence electrons. The van der Waals surface area contributed by atoms with Crippen molar-refractivity contribution in [3.05, 3.63) is 52.7 Å². The average Bonchev–Trinajstić information content (AvgIpc) is 2.95. The number of carbonyl (C=O) groups excluding carboxylic acids is 1. The quantitative estimate of drug-likeness (QED) is 0.467. The number of hydrogen-bond acceptors (Lipinski definition) is 6. The van der Waals surface area contributed by atoms with Gasteiger partial charge in [-0.3, -0.25) is 4.98 Å². The van der Waals surface area contributed by atoms with Crippen LogP contribution in [0.3, 0.4) is 0 Å². The van der Waals surface area contributed by atoms with E-state index < -0.39 is 16.9 Å². The number of nitrogens with zero attached hydrogens (tertiary/aromatic N) is 4. The highest BCUT2D eigenvalue weighted by molar-refractivity contribution is 5.88. The number of aromatic nitrogens is 3. The molecule has 2 heterocycles. The third-order valence-corrected chi connectivity index (χ3v) is 2.66. The third-order valence-electron chi connectivity index (χ3n) is 2.66. The molecule has 0 N–H and O–H groups in total. The van der Waals surface area contributed by atoms with E-state index in [1.807, 2.05) is 0 Å². The van der Waals surface area contributed by atoms with Crippen LogP contribution in [0, 0.1) is 10.1 Å². The lowest BCUT2D eigenvalue weighted by Gasteiger charge is -2.10. The fourth-order valence-electron chi connectivity index (χ4n) is 1.62. The molecule has 0 saturated heterocycles. The van der Waals surface area contributed by atoms with Crippen LogP contribution in [0.2, 0.25) is 0 Å². The van der Waals surface area contributed by atoms with Gasteiger partial charge in [-0.2, -0.15) is 0 Å². The Morgan fingerprint density at radius 3 is 2.95 bits per heavy atom. The van der Waals surface area contributed by atoms with Gasteiger partial charge in [0.05, 0.1) is 5.56 Å². The molecule has 0 bridgehead atoms. The fourth-order valence-corrected chi connectivity index (χ4v) is 1.62. The Morgan fingerprint density at radius 1 is 1.50 bits per heavy atom. The lowest BCUT2D eigenvalue weighted by molar-refractivity contribution is -0.392. The zero-order valence-corrected chi connectivity index (χ0v) is 10.7. The highest BCUT2D eigenvalue weighted by atomic mass is 16.6. The summed E-state index contributed by atoms with van der Waals surface area (Å²) in [6.07, 6.45) is 5.43. The SMILES string of the molecule is CC(COC(=O)c1cccnc1)n1cncc1[N+](=O)[O-]. The number of pyridine rings is 1. The molecule has 0 spiro atoms. The predicted octanol–water partition coefficient (Wildman–Crippen LogP) is 1.60. The zero-order valence-electron chi connectivity index (χ0n) is 10.7. The largest absolute Gasteiger partial charge is 0.458 e. The van der Waals surface area contributed by atoms with Crippen LogP contribution in [-0.4, -0.2) is 32.0 Å². The van der Waals surface area contributed by atoms with E-state index in [1.165, 1.54) is 17.1 Å².